The lowest BCUT2D eigenvalue weighted by Gasteiger charge is -2.26. The fraction of sp³-hybridized carbons (Fsp3) is 0.364. The zero-order valence-electron chi connectivity index (χ0n) is 26.3. The van der Waals surface area contributed by atoms with E-state index in [1.807, 2.05) is 62.7 Å². The van der Waals surface area contributed by atoms with Gasteiger partial charge in [0.05, 0.1) is 17.6 Å². The minimum atomic E-state index is -0.520. The van der Waals surface area contributed by atoms with Crippen LogP contribution in [0.15, 0.2) is 66.9 Å². The summed E-state index contributed by atoms with van der Waals surface area (Å²) in [5.41, 5.74) is 8.87. The molecule has 238 valence electrons. The van der Waals surface area contributed by atoms with Crippen LogP contribution in [-0.2, 0) is 23.1 Å². The summed E-state index contributed by atoms with van der Waals surface area (Å²) < 4.78 is 7.46. The average molecular weight is 615 g/mol. The van der Waals surface area contributed by atoms with Crippen molar-refractivity contribution in [2.24, 2.45) is 7.05 Å². The van der Waals surface area contributed by atoms with Gasteiger partial charge in [-0.3, -0.25) is 14.5 Å². The highest BCUT2D eigenvalue weighted by atomic mass is 16.6. The Labute approximate surface area is 263 Å². The number of nitrogens with zero attached hydrogens (tertiary/aromatic N) is 4. The number of nitrogen functional groups attached to an aromatic ring is 1. The van der Waals surface area contributed by atoms with Crippen molar-refractivity contribution in [2.75, 3.05) is 35.6 Å². The topological polar surface area (TPSA) is 156 Å². The lowest BCUT2D eigenvalue weighted by molar-refractivity contribution is -0.120. The highest BCUT2D eigenvalue weighted by Crippen LogP contribution is 2.22. The molecule has 3 amide bonds. The number of ether oxygens (including phenoxy) is 1. The number of hydrogen-bond donors (Lipinski definition) is 4. The molecule has 12 nitrogen and oxygen atoms in total. The molecule has 2 aromatic heterocycles. The van der Waals surface area contributed by atoms with Crippen LogP contribution < -0.4 is 26.6 Å². The van der Waals surface area contributed by atoms with E-state index < -0.39 is 11.7 Å². The highest BCUT2D eigenvalue weighted by Gasteiger charge is 2.24. The predicted octanol–water partition coefficient (Wildman–Crippen LogP) is 4.62. The molecular formula is C33H42N8O4. The molecule has 4 rings (SSSR count). The Bertz CT molecular complexity index is 1600. The molecule has 0 atom stereocenters. The molecular weight excluding hydrogens is 572 g/mol. The lowest BCUT2D eigenvalue weighted by atomic mass is 10.0. The normalized spacial score (nSPS) is 11.2. The van der Waals surface area contributed by atoms with Gasteiger partial charge in [-0.25, -0.2) is 14.8 Å². The molecule has 0 aliphatic heterocycles. The van der Waals surface area contributed by atoms with E-state index in [0.29, 0.717) is 42.0 Å². The number of nitrogens with two attached hydrogens (primary N) is 1. The molecule has 12 heteroatoms. The van der Waals surface area contributed by atoms with Gasteiger partial charge in [-0.1, -0.05) is 19.9 Å². The number of imidazole rings is 1. The summed E-state index contributed by atoms with van der Waals surface area (Å²) in [7, 11) is 1.93. The number of carbonyl (C=O) groups is 3. The van der Waals surface area contributed by atoms with E-state index in [9.17, 15) is 14.4 Å². The first-order valence-corrected chi connectivity index (χ1v) is 15.1. The SMILES string of the molecule is CCC(C)(CC)OC(=O)NCCNC(=O)CCN(C(=O)c1ccc2c(c1)nc(CNc1ccc(N)cc1)n2C)c1ccccn1. The number of alkyl carbamates (subject to hydrolysis) is 1. The Morgan fingerprint density at radius 1 is 1.00 bits per heavy atom. The number of benzene rings is 2. The maximum Gasteiger partial charge on any atom is 0.407 e. The summed E-state index contributed by atoms with van der Waals surface area (Å²) in [6.07, 6.45) is 2.54. The number of nitrogens with one attached hydrogen (secondary N) is 3. The Kier molecular flexibility index (Phi) is 11.0. The van der Waals surface area contributed by atoms with Crippen molar-refractivity contribution < 1.29 is 19.1 Å². The molecule has 0 saturated carbocycles. The van der Waals surface area contributed by atoms with E-state index in [4.69, 9.17) is 15.5 Å². The van der Waals surface area contributed by atoms with Gasteiger partial charge in [0.2, 0.25) is 5.91 Å². The summed E-state index contributed by atoms with van der Waals surface area (Å²) in [5, 5.41) is 8.79. The van der Waals surface area contributed by atoms with Crippen molar-refractivity contribution >= 4 is 46.1 Å². The van der Waals surface area contributed by atoms with Gasteiger partial charge < -0.3 is 31.0 Å². The van der Waals surface area contributed by atoms with E-state index in [1.165, 1.54) is 4.90 Å². The molecule has 5 N–H and O–H groups in total. The minimum absolute atomic E-state index is 0.0449. The maximum absolute atomic E-state index is 13.8. The minimum Gasteiger partial charge on any atom is -0.443 e. The molecule has 0 aliphatic rings. The van der Waals surface area contributed by atoms with E-state index >= 15 is 0 Å². The number of rotatable bonds is 14. The fourth-order valence-electron chi connectivity index (χ4n) is 4.63. The number of fused-ring (bicyclic) bond motifs is 1. The van der Waals surface area contributed by atoms with E-state index in [0.717, 1.165) is 17.0 Å². The number of aromatic nitrogens is 3. The maximum atomic E-state index is 13.8. The zero-order chi connectivity index (χ0) is 32.4. The van der Waals surface area contributed by atoms with Gasteiger partial charge >= 0.3 is 6.09 Å². The molecule has 0 bridgehead atoms. The van der Waals surface area contributed by atoms with Crippen LogP contribution in [0.3, 0.4) is 0 Å². The van der Waals surface area contributed by atoms with Gasteiger partial charge in [0.15, 0.2) is 0 Å². The average Bonchev–Trinajstić information content (AvgIpc) is 3.37. The molecule has 45 heavy (non-hydrogen) atoms. The first-order chi connectivity index (χ1) is 21.6. The van der Waals surface area contributed by atoms with Gasteiger partial charge in [-0.05, 0) is 74.4 Å². The summed E-state index contributed by atoms with van der Waals surface area (Å²) in [5.74, 6) is 0.681. The van der Waals surface area contributed by atoms with Gasteiger partial charge in [0.25, 0.3) is 5.91 Å². The second-order valence-electron chi connectivity index (χ2n) is 11.0. The molecule has 0 fully saturated rings. The Hall–Kier alpha value is -5.13. The standard InChI is InChI=1S/C33H42N8O4/c1-5-33(3,6-2)45-32(44)37-19-18-36-30(42)16-20-41(28-9-7-8-17-35-28)31(43)23-10-15-27-26(21-23)39-29(40(27)4)22-38-25-13-11-24(34)12-14-25/h7-15,17,21,38H,5-6,16,18-20,22,34H2,1-4H3,(H,36,42)(H,37,44). The van der Waals surface area contributed by atoms with E-state index in [1.54, 1.807) is 36.5 Å². The van der Waals surface area contributed by atoms with E-state index in [2.05, 4.69) is 20.9 Å². The van der Waals surface area contributed by atoms with Crippen LogP contribution >= 0.6 is 0 Å². The molecule has 0 saturated heterocycles. The monoisotopic (exact) mass is 614 g/mol. The van der Waals surface area contributed by atoms with Crippen LogP contribution in [0, 0.1) is 0 Å². The molecule has 0 unspecified atom stereocenters. The molecule has 0 spiro atoms. The summed E-state index contributed by atoms with van der Waals surface area (Å²) in [6.45, 7) is 6.86. The number of pyridine rings is 1. The first-order valence-electron chi connectivity index (χ1n) is 15.1. The third-order valence-corrected chi connectivity index (χ3v) is 7.87. The number of hydrogen-bond acceptors (Lipinski definition) is 8. The fourth-order valence-corrected chi connectivity index (χ4v) is 4.63. The zero-order valence-corrected chi connectivity index (χ0v) is 26.3. The summed E-state index contributed by atoms with van der Waals surface area (Å²) >= 11 is 0. The second kappa shape index (κ2) is 15.0. The smallest absolute Gasteiger partial charge is 0.407 e. The highest BCUT2D eigenvalue weighted by molar-refractivity contribution is 6.07. The van der Waals surface area contributed by atoms with Gasteiger partial charge in [-0.2, -0.15) is 0 Å². The van der Waals surface area contributed by atoms with Crippen LogP contribution in [0.5, 0.6) is 0 Å². The van der Waals surface area contributed by atoms with Gasteiger partial charge in [0.1, 0.15) is 17.2 Å². The Morgan fingerprint density at radius 3 is 2.42 bits per heavy atom. The molecule has 2 heterocycles. The van der Waals surface area contributed by atoms with Crippen molar-refractivity contribution in [3.05, 3.63) is 78.2 Å². The largest absolute Gasteiger partial charge is 0.443 e. The number of aryl methyl sites for hydroxylation is 1. The Morgan fingerprint density at radius 2 is 1.73 bits per heavy atom. The van der Waals surface area contributed by atoms with Crippen molar-refractivity contribution in [3.63, 3.8) is 0 Å². The van der Waals surface area contributed by atoms with Crippen LogP contribution in [0.1, 0.15) is 56.2 Å². The van der Waals surface area contributed by atoms with Crippen LogP contribution in [0.4, 0.5) is 22.0 Å². The van der Waals surface area contributed by atoms with Crippen LogP contribution in [0.25, 0.3) is 11.0 Å². The van der Waals surface area contributed by atoms with Crippen molar-refractivity contribution in [3.8, 4) is 0 Å². The van der Waals surface area contributed by atoms with E-state index in [-0.39, 0.29) is 37.9 Å². The quantitative estimate of drug-likeness (QED) is 0.118. The van der Waals surface area contributed by atoms with Gasteiger partial charge in [-0.15, -0.1) is 0 Å². The number of anilines is 3. The predicted molar refractivity (Wildman–Crippen MR) is 176 cm³/mol. The van der Waals surface area contributed by atoms with Crippen molar-refractivity contribution in [1.82, 2.24) is 25.2 Å². The molecule has 0 radical (unpaired) electrons. The second-order valence-corrected chi connectivity index (χ2v) is 11.0. The third kappa shape index (κ3) is 8.71. The van der Waals surface area contributed by atoms with Crippen molar-refractivity contribution in [2.45, 2.75) is 52.2 Å². The van der Waals surface area contributed by atoms with Crippen molar-refractivity contribution in [1.29, 1.82) is 0 Å². The van der Waals surface area contributed by atoms with Gasteiger partial charge in [0, 0.05) is 56.2 Å². The summed E-state index contributed by atoms with van der Waals surface area (Å²) in [6, 6.07) is 18.1. The molecule has 2 aromatic carbocycles. The lowest BCUT2D eigenvalue weighted by Crippen LogP contribution is -2.40. The van der Waals surface area contributed by atoms with Crippen LogP contribution in [-0.4, -0.2) is 57.7 Å². The molecule has 0 aliphatic carbocycles. The summed E-state index contributed by atoms with van der Waals surface area (Å²) in [4.78, 5) is 49.1. The third-order valence-electron chi connectivity index (χ3n) is 7.87. The molecule has 4 aromatic rings. The first kappa shape index (κ1) is 32.8. The number of carbonyl (C=O) groups excluding carboxylic acids is 3. The van der Waals surface area contributed by atoms with Crippen LogP contribution in [0.2, 0.25) is 0 Å². The Balaban J connectivity index is 1.38. The number of amides is 3.